The van der Waals surface area contributed by atoms with Crippen molar-refractivity contribution in [3.8, 4) is 11.5 Å². The molecule has 2 aliphatic heterocycles. The van der Waals surface area contributed by atoms with Gasteiger partial charge in [0.1, 0.15) is 0 Å². The minimum absolute atomic E-state index is 0.0217. The van der Waals surface area contributed by atoms with Crippen LogP contribution >= 0.6 is 0 Å². The fourth-order valence-electron chi connectivity index (χ4n) is 3.31. The number of hydrogen-bond donors (Lipinski definition) is 1. The molecule has 2 aromatic carbocycles. The van der Waals surface area contributed by atoms with E-state index in [0.29, 0.717) is 35.8 Å². The van der Waals surface area contributed by atoms with Gasteiger partial charge >= 0.3 is 0 Å². The quantitative estimate of drug-likeness (QED) is 0.911. The Balaban J connectivity index is 1.44. The van der Waals surface area contributed by atoms with Crippen molar-refractivity contribution in [1.82, 2.24) is 4.90 Å². The Bertz CT molecular complexity index is 844. The molecule has 0 saturated carbocycles. The van der Waals surface area contributed by atoms with Crippen LogP contribution in [0, 0.1) is 11.6 Å². The minimum Gasteiger partial charge on any atom is -0.454 e. The highest BCUT2D eigenvalue weighted by atomic mass is 19.2. The topological polar surface area (TPSA) is 50.8 Å². The Morgan fingerprint density at radius 3 is 2.77 bits per heavy atom. The molecule has 5 nitrogen and oxygen atoms in total. The third-order valence-electron chi connectivity index (χ3n) is 4.62. The van der Waals surface area contributed by atoms with Crippen LogP contribution in [-0.4, -0.2) is 36.7 Å². The van der Waals surface area contributed by atoms with Gasteiger partial charge in [-0.05, 0) is 43.2 Å². The molecule has 1 saturated heterocycles. The van der Waals surface area contributed by atoms with E-state index in [1.165, 1.54) is 6.07 Å². The van der Waals surface area contributed by atoms with Crippen molar-refractivity contribution < 1.29 is 23.0 Å². The first kappa shape index (κ1) is 16.6. The smallest absolute Gasteiger partial charge is 0.254 e. The minimum atomic E-state index is -0.890. The Hall–Kier alpha value is -2.83. The molecule has 26 heavy (non-hydrogen) atoms. The van der Waals surface area contributed by atoms with Gasteiger partial charge in [-0.2, -0.15) is 0 Å². The summed E-state index contributed by atoms with van der Waals surface area (Å²) in [6, 6.07) is 8.85. The largest absolute Gasteiger partial charge is 0.454 e. The lowest BCUT2D eigenvalue weighted by molar-refractivity contribution is 0.0714. The molecule has 1 N–H and O–H groups in total. The number of carbonyl (C=O) groups excluding carboxylic acids is 1. The first-order valence-electron chi connectivity index (χ1n) is 8.50. The van der Waals surface area contributed by atoms with Gasteiger partial charge in [0.05, 0.1) is 0 Å². The van der Waals surface area contributed by atoms with Crippen molar-refractivity contribution >= 4 is 11.6 Å². The van der Waals surface area contributed by atoms with Crippen molar-refractivity contribution in [2.75, 3.05) is 25.2 Å². The molecule has 0 aliphatic carbocycles. The van der Waals surface area contributed by atoms with E-state index in [-0.39, 0.29) is 18.7 Å². The Kier molecular flexibility index (Phi) is 4.36. The fourth-order valence-corrected chi connectivity index (χ4v) is 3.31. The summed E-state index contributed by atoms with van der Waals surface area (Å²) in [6.45, 7) is 1.31. The summed E-state index contributed by atoms with van der Waals surface area (Å²) >= 11 is 0. The molecule has 1 atom stereocenters. The van der Waals surface area contributed by atoms with Crippen molar-refractivity contribution in [1.29, 1.82) is 0 Å². The molecule has 0 radical (unpaired) electrons. The molecule has 0 aromatic heterocycles. The van der Waals surface area contributed by atoms with E-state index in [9.17, 15) is 13.6 Å². The van der Waals surface area contributed by atoms with Crippen LogP contribution in [-0.2, 0) is 0 Å². The summed E-state index contributed by atoms with van der Waals surface area (Å²) in [5.74, 6) is -0.639. The van der Waals surface area contributed by atoms with E-state index in [1.807, 2.05) is 0 Å². The summed E-state index contributed by atoms with van der Waals surface area (Å²) in [5.41, 5.74) is 1.05. The van der Waals surface area contributed by atoms with Crippen LogP contribution in [0.15, 0.2) is 36.4 Å². The predicted molar refractivity (Wildman–Crippen MR) is 91.5 cm³/mol. The van der Waals surface area contributed by atoms with Gasteiger partial charge in [-0.25, -0.2) is 8.78 Å². The van der Waals surface area contributed by atoms with Crippen LogP contribution in [0.5, 0.6) is 11.5 Å². The zero-order valence-electron chi connectivity index (χ0n) is 14.0. The number of carbonyl (C=O) groups is 1. The van der Waals surface area contributed by atoms with Crippen LogP contribution in [0.1, 0.15) is 23.2 Å². The molecule has 0 bridgehead atoms. The number of amides is 1. The van der Waals surface area contributed by atoms with E-state index >= 15 is 0 Å². The molecule has 0 spiro atoms. The third-order valence-corrected chi connectivity index (χ3v) is 4.62. The average molecular weight is 360 g/mol. The van der Waals surface area contributed by atoms with Gasteiger partial charge < -0.3 is 19.7 Å². The van der Waals surface area contributed by atoms with Crippen molar-refractivity contribution in [3.63, 3.8) is 0 Å². The van der Waals surface area contributed by atoms with Crippen molar-refractivity contribution in [2.24, 2.45) is 0 Å². The van der Waals surface area contributed by atoms with Crippen LogP contribution in [0.25, 0.3) is 0 Å². The second-order valence-corrected chi connectivity index (χ2v) is 6.43. The molecule has 1 amide bonds. The Morgan fingerprint density at radius 2 is 1.92 bits per heavy atom. The van der Waals surface area contributed by atoms with E-state index in [0.717, 1.165) is 25.0 Å². The first-order valence-corrected chi connectivity index (χ1v) is 8.50. The van der Waals surface area contributed by atoms with Gasteiger partial charge in [-0.3, -0.25) is 4.79 Å². The first-order chi connectivity index (χ1) is 12.6. The lowest BCUT2D eigenvalue weighted by atomic mass is 10.0. The fraction of sp³-hybridized carbons (Fsp3) is 0.316. The number of piperidine rings is 1. The van der Waals surface area contributed by atoms with Gasteiger partial charge in [-0.15, -0.1) is 0 Å². The Morgan fingerprint density at radius 1 is 1.08 bits per heavy atom. The Labute approximate surface area is 149 Å². The molecule has 1 fully saturated rings. The van der Waals surface area contributed by atoms with E-state index in [1.54, 1.807) is 23.1 Å². The third kappa shape index (κ3) is 3.29. The predicted octanol–water partition coefficient (Wildman–Crippen LogP) is 3.41. The van der Waals surface area contributed by atoms with Gasteiger partial charge in [0, 0.05) is 36.4 Å². The van der Waals surface area contributed by atoms with Gasteiger partial charge in [0.15, 0.2) is 23.1 Å². The number of ether oxygens (including phenoxy) is 2. The van der Waals surface area contributed by atoms with E-state index in [2.05, 4.69) is 5.32 Å². The standard InChI is InChI=1S/C19H18F2N2O3/c20-15-5-4-13(9-16(15)21)22-14-2-1-7-23(10-14)19(24)12-3-6-17-18(8-12)26-11-25-17/h3-6,8-9,14,22H,1-2,7,10-11H2/t14-/m0/s1. The summed E-state index contributed by atoms with van der Waals surface area (Å²) in [6.07, 6.45) is 1.68. The van der Waals surface area contributed by atoms with Crippen molar-refractivity contribution in [3.05, 3.63) is 53.6 Å². The SMILES string of the molecule is O=C(c1ccc2c(c1)OCO2)N1CCC[C@H](Nc2ccc(F)c(F)c2)C1. The van der Waals surface area contributed by atoms with Crippen molar-refractivity contribution in [2.45, 2.75) is 18.9 Å². The normalized spacial score (nSPS) is 18.7. The average Bonchev–Trinajstić information content (AvgIpc) is 3.12. The molecule has 4 rings (SSSR count). The number of likely N-dealkylation sites (tertiary alicyclic amines) is 1. The molecule has 0 unspecified atom stereocenters. The number of fused-ring (bicyclic) bond motifs is 1. The maximum absolute atomic E-state index is 13.4. The van der Waals surface area contributed by atoms with Crippen LogP contribution in [0.2, 0.25) is 0 Å². The monoisotopic (exact) mass is 360 g/mol. The summed E-state index contributed by atoms with van der Waals surface area (Å²) in [5, 5.41) is 3.18. The number of benzene rings is 2. The number of rotatable bonds is 3. The lowest BCUT2D eigenvalue weighted by Gasteiger charge is -2.33. The van der Waals surface area contributed by atoms with Crippen LogP contribution in [0.3, 0.4) is 0 Å². The van der Waals surface area contributed by atoms with Gasteiger partial charge in [0.2, 0.25) is 6.79 Å². The summed E-state index contributed by atoms with van der Waals surface area (Å²) in [4.78, 5) is 14.6. The number of nitrogens with one attached hydrogen (secondary N) is 1. The highest BCUT2D eigenvalue weighted by Crippen LogP contribution is 2.33. The molecule has 2 aliphatic rings. The summed E-state index contributed by atoms with van der Waals surface area (Å²) < 4.78 is 37.0. The number of hydrogen-bond acceptors (Lipinski definition) is 4. The second kappa shape index (κ2) is 6.82. The maximum Gasteiger partial charge on any atom is 0.254 e. The van der Waals surface area contributed by atoms with Crippen LogP contribution in [0.4, 0.5) is 14.5 Å². The number of anilines is 1. The van der Waals surface area contributed by atoms with Gasteiger partial charge in [-0.1, -0.05) is 0 Å². The lowest BCUT2D eigenvalue weighted by Crippen LogP contribution is -2.45. The van der Waals surface area contributed by atoms with E-state index in [4.69, 9.17) is 9.47 Å². The number of halogens is 2. The van der Waals surface area contributed by atoms with Gasteiger partial charge in [0.25, 0.3) is 5.91 Å². The molecular formula is C19H18F2N2O3. The van der Waals surface area contributed by atoms with Crippen LogP contribution < -0.4 is 14.8 Å². The molecule has 7 heteroatoms. The number of nitrogens with zero attached hydrogens (tertiary/aromatic N) is 1. The highest BCUT2D eigenvalue weighted by molar-refractivity contribution is 5.95. The maximum atomic E-state index is 13.4. The molecule has 2 aromatic rings. The summed E-state index contributed by atoms with van der Waals surface area (Å²) in [7, 11) is 0. The second-order valence-electron chi connectivity index (χ2n) is 6.43. The molecular weight excluding hydrogens is 342 g/mol. The van der Waals surface area contributed by atoms with E-state index < -0.39 is 11.6 Å². The molecule has 136 valence electrons. The zero-order chi connectivity index (χ0) is 18.1. The highest BCUT2D eigenvalue weighted by Gasteiger charge is 2.26. The molecule has 2 heterocycles. The zero-order valence-corrected chi connectivity index (χ0v) is 14.0.